The summed E-state index contributed by atoms with van der Waals surface area (Å²) in [7, 11) is -3.68. The Balaban J connectivity index is 2.04. The molecule has 5 heteroatoms. The Morgan fingerprint density at radius 2 is 1.57 bits per heavy atom. The Hall–Kier alpha value is -2.40. The van der Waals surface area contributed by atoms with Crippen LogP contribution in [0.25, 0.3) is 4.91 Å². The lowest BCUT2D eigenvalue weighted by atomic mass is 10.1. The van der Waals surface area contributed by atoms with E-state index >= 15 is 0 Å². The average Bonchev–Trinajstić information content (AvgIpc) is 2.72. The molecule has 4 nitrogen and oxygen atoms in total. The Kier molecular flexibility index (Phi) is 3.82. The van der Waals surface area contributed by atoms with Crippen molar-refractivity contribution in [2.24, 2.45) is 4.40 Å². The van der Waals surface area contributed by atoms with Crippen molar-refractivity contribution in [3.63, 3.8) is 0 Å². The van der Waals surface area contributed by atoms with Crippen LogP contribution in [0.15, 0.2) is 58.5 Å². The monoisotopic (exact) mass is 326 g/mol. The van der Waals surface area contributed by atoms with E-state index in [1.54, 1.807) is 6.92 Å². The molecule has 2 aromatic rings. The third-order valence-electron chi connectivity index (χ3n) is 3.88. The summed E-state index contributed by atoms with van der Waals surface area (Å²) < 4.78 is 28.8. The zero-order valence-corrected chi connectivity index (χ0v) is 14.1. The van der Waals surface area contributed by atoms with Gasteiger partial charge in [0.1, 0.15) is 10.7 Å². The molecule has 0 radical (unpaired) electrons. The second kappa shape index (κ2) is 5.66. The van der Waals surface area contributed by atoms with Gasteiger partial charge in [0.15, 0.2) is 0 Å². The van der Waals surface area contributed by atoms with Crippen molar-refractivity contribution in [1.82, 2.24) is 0 Å². The van der Waals surface area contributed by atoms with E-state index in [1.165, 1.54) is 0 Å². The number of hydrogen-bond acceptors (Lipinski definition) is 3. The van der Waals surface area contributed by atoms with Crippen LogP contribution in [-0.4, -0.2) is 14.3 Å². The zero-order chi connectivity index (χ0) is 16.6. The normalized spacial score (nSPS) is 16.4. The fourth-order valence-corrected chi connectivity index (χ4v) is 3.99. The first-order valence-corrected chi connectivity index (χ1v) is 8.78. The summed E-state index contributed by atoms with van der Waals surface area (Å²) in [6, 6.07) is 15.1. The van der Waals surface area contributed by atoms with E-state index < -0.39 is 10.0 Å². The number of anilines is 1. The first-order chi connectivity index (χ1) is 10.9. The van der Waals surface area contributed by atoms with Gasteiger partial charge in [-0.05, 0) is 38.0 Å². The fraction of sp³-hybridized carbons (Fsp3) is 0.167. The molecule has 1 aliphatic rings. The largest absolute Gasteiger partial charge is 0.339 e. The van der Waals surface area contributed by atoms with E-state index in [-0.39, 0.29) is 4.91 Å². The maximum absolute atomic E-state index is 12.5. The van der Waals surface area contributed by atoms with E-state index in [2.05, 4.69) is 9.71 Å². The third kappa shape index (κ3) is 2.92. The second-order valence-electron chi connectivity index (χ2n) is 5.68. The van der Waals surface area contributed by atoms with Crippen LogP contribution in [0.5, 0.6) is 0 Å². The Bertz CT molecular complexity index is 924. The molecule has 0 amide bonds. The van der Waals surface area contributed by atoms with Crippen LogP contribution in [0, 0.1) is 13.8 Å². The highest BCUT2D eigenvalue weighted by Gasteiger charge is 2.31. The van der Waals surface area contributed by atoms with Crippen LogP contribution in [0.2, 0.25) is 0 Å². The molecule has 1 N–H and O–H groups in total. The first kappa shape index (κ1) is 15.5. The molecule has 0 bridgehead atoms. The molecule has 0 spiro atoms. The van der Waals surface area contributed by atoms with Crippen LogP contribution in [0.1, 0.15) is 23.6 Å². The van der Waals surface area contributed by atoms with Crippen LogP contribution in [0.4, 0.5) is 5.69 Å². The molecule has 1 aliphatic heterocycles. The Labute approximate surface area is 136 Å². The number of nitrogens with zero attached hydrogens (tertiary/aromatic N) is 1. The summed E-state index contributed by atoms with van der Waals surface area (Å²) in [4.78, 5) is 0.272. The minimum Gasteiger partial charge on any atom is -0.339 e. The fourth-order valence-electron chi connectivity index (χ4n) is 2.56. The van der Waals surface area contributed by atoms with E-state index in [0.717, 1.165) is 16.8 Å². The highest BCUT2D eigenvalue weighted by atomic mass is 32.2. The van der Waals surface area contributed by atoms with Gasteiger partial charge in [-0.3, -0.25) is 0 Å². The van der Waals surface area contributed by atoms with Crippen LogP contribution in [0.3, 0.4) is 0 Å². The number of sulfonamides is 1. The maximum atomic E-state index is 12.5. The second-order valence-corrected chi connectivity index (χ2v) is 7.22. The number of hydrogen-bond donors (Lipinski definition) is 1. The smallest absolute Gasteiger partial charge is 0.285 e. The van der Waals surface area contributed by atoms with Crippen molar-refractivity contribution in [1.29, 1.82) is 0 Å². The van der Waals surface area contributed by atoms with E-state index in [0.29, 0.717) is 17.0 Å². The summed E-state index contributed by atoms with van der Waals surface area (Å²) in [5.74, 6) is 0.384. The minimum atomic E-state index is -3.68. The first-order valence-electron chi connectivity index (χ1n) is 7.34. The van der Waals surface area contributed by atoms with Gasteiger partial charge in [0.05, 0.1) is 0 Å². The van der Waals surface area contributed by atoms with Gasteiger partial charge in [-0.2, -0.15) is 8.42 Å². The van der Waals surface area contributed by atoms with E-state index in [1.807, 2.05) is 62.4 Å². The molecule has 0 aromatic heterocycles. The molecule has 0 saturated carbocycles. The van der Waals surface area contributed by atoms with Gasteiger partial charge in [-0.25, -0.2) is 0 Å². The maximum Gasteiger partial charge on any atom is 0.285 e. The van der Waals surface area contributed by atoms with Gasteiger partial charge in [0.2, 0.25) is 0 Å². The van der Waals surface area contributed by atoms with Gasteiger partial charge >= 0.3 is 0 Å². The predicted octanol–water partition coefficient (Wildman–Crippen LogP) is 3.89. The van der Waals surface area contributed by atoms with Crippen molar-refractivity contribution in [3.05, 3.63) is 70.8 Å². The number of nitrogens with one attached hydrogen (secondary N) is 1. The molecule has 0 atom stereocenters. The van der Waals surface area contributed by atoms with Gasteiger partial charge in [0.25, 0.3) is 10.0 Å². The molecule has 0 aliphatic carbocycles. The topological polar surface area (TPSA) is 58.5 Å². The van der Waals surface area contributed by atoms with Gasteiger partial charge < -0.3 is 5.32 Å². The Morgan fingerprint density at radius 1 is 0.913 bits per heavy atom. The summed E-state index contributed by atoms with van der Waals surface area (Å²) >= 11 is 0. The lowest BCUT2D eigenvalue weighted by Crippen LogP contribution is -2.12. The molecule has 0 saturated heterocycles. The van der Waals surface area contributed by atoms with Crippen molar-refractivity contribution in [3.8, 4) is 0 Å². The van der Waals surface area contributed by atoms with E-state index in [4.69, 9.17) is 0 Å². The molecule has 2 aromatic carbocycles. The summed E-state index contributed by atoms with van der Waals surface area (Å²) in [6.07, 6.45) is 0. The van der Waals surface area contributed by atoms with Crippen molar-refractivity contribution >= 4 is 26.5 Å². The summed E-state index contributed by atoms with van der Waals surface area (Å²) in [5.41, 5.74) is 4.27. The van der Waals surface area contributed by atoms with Crippen molar-refractivity contribution in [2.75, 3.05) is 5.32 Å². The number of aryl methyl sites for hydroxylation is 2. The molecule has 1 heterocycles. The van der Waals surface area contributed by atoms with Crippen molar-refractivity contribution in [2.45, 2.75) is 20.8 Å². The Morgan fingerprint density at radius 3 is 2.22 bits per heavy atom. The predicted molar refractivity (Wildman–Crippen MR) is 94.9 cm³/mol. The molecular weight excluding hydrogens is 308 g/mol. The lowest BCUT2D eigenvalue weighted by Gasteiger charge is -2.09. The number of rotatable bonds is 2. The van der Waals surface area contributed by atoms with Crippen LogP contribution < -0.4 is 5.32 Å². The molecule has 0 fully saturated rings. The molecule has 118 valence electrons. The van der Waals surface area contributed by atoms with Crippen LogP contribution >= 0.6 is 0 Å². The molecule has 0 unspecified atom stereocenters. The van der Waals surface area contributed by atoms with Crippen molar-refractivity contribution < 1.29 is 8.42 Å². The summed E-state index contributed by atoms with van der Waals surface area (Å²) in [6.45, 7) is 5.71. The number of para-hydroxylation sites is 1. The molecule has 3 rings (SSSR count). The van der Waals surface area contributed by atoms with E-state index in [9.17, 15) is 8.42 Å². The number of amidine groups is 1. The molecular formula is C18H18N2O2S. The van der Waals surface area contributed by atoms with Gasteiger partial charge in [0, 0.05) is 11.3 Å². The quantitative estimate of drug-likeness (QED) is 0.911. The third-order valence-corrected chi connectivity index (χ3v) is 5.36. The zero-order valence-electron chi connectivity index (χ0n) is 13.3. The molecule has 23 heavy (non-hydrogen) atoms. The lowest BCUT2D eigenvalue weighted by molar-refractivity contribution is 0.608. The number of benzene rings is 2. The van der Waals surface area contributed by atoms with Gasteiger partial charge in [-0.1, -0.05) is 48.0 Å². The van der Waals surface area contributed by atoms with Crippen LogP contribution in [-0.2, 0) is 10.0 Å². The highest BCUT2D eigenvalue weighted by molar-refractivity contribution is 8.00. The minimum absolute atomic E-state index is 0.272. The summed E-state index contributed by atoms with van der Waals surface area (Å²) in [5, 5.41) is 3.14. The van der Waals surface area contributed by atoms with Gasteiger partial charge in [-0.15, -0.1) is 4.40 Å². The standard InChI is InChI=1S/C18H18N2O2S/c1-12-8-10-15(11-9-12)17-14(3)18(20-23(17,21)22)19-16-7-5-4-6-13(16)2/h4-11H,1-3H3,(H,19,20). The average molecular weight is 326 g/mol. The SMILES string of the molecule is CC1=C(c2ccc(C)cc2)S(=O)(=O)N=C1Nc1ccccc1C. The highest BCUT2D eigenvalue weighted by Crippen LogP contribution is 2.33.